The molecule has 0 spiro atoms. The first-order valence-corrected chi connectivity index (χ1v) is 12.4. The minimum Gasteiger partial charge on any atom is -0.494 e. The SMILES string of the molecule is COc1cncc(Cl)c1C(=O)NC(CCOC1CC(CCc2ccc3c(n2)NCCC3)C1)C(=O)O. The highest BCUT2D eigenvalue weighted by molar-refractivity contribution is 6.34. The summed E-state index contributed by atoms with van der Waals surface area (Å²) < 4.78 is 11.0. The van der Waals surface area contributed by atoms with Crippen molar-refractivity contribution in [1.82, 2.24) is 15.3 Å². The molecular weight excluding hydrogens is 472 g/mol. The molecule has 3 N–H and O–H groups in total. The van der Waals surface area contributed by atoms with E-state index in [0.29, 0.717) is 5.92 Å². The highest BCUT2D eigenvalue weighted by atomic mass is 35.5. The number of aryl methyl sites for hydroxylation is 2. The highest BCUT2D eigenvalue weighted by Gasteiger charge is 2.30. The van der Waals surface area contributed by atoms with Crippen LogP contribution in [-0.4, -0.2) is 59.4 Å². The average molecular weight is 503 g/mol. The number of amides is 1. The Balaban J connectivity index is 1.18. The third kappa shape index (κ3) is 6.41. The van der Waals surface area contributed by atoms with Gasteiger partial charge in [-0.2, -0.15) is 0 Å². The summed E-state index contributed by atoms with van der Waals surface area (Å²) in [4.78, 5) is 32.9. The second-order valence-corrected chi connectivity index (χ2v) is 9.47. The van der Waals surface area contributed by atoms with E-state index in [9.17, 15) is 14.7 Å². The molecule has 10 heteroatoms. The van der Waals surface area contributed by atoms with Gasteiger partial charge in [-0.15, -0.1) is 0 Å². The Labute approximate surface area is 209 Å². The van der Waals surface area contributed by atoms with Gasteiger partial charge < -0.3 is 25.2 Å². The van der Waals surface area contributed by atoms with E-state index in [2.05, 4.69) is 27.8 Å². The maximum Gasteiger partial charge on any atom is 0.326 e. The Morgan fingerprint density at radius 1 is 1.31 bits per heavy atom. The second-order valence-electron chi connectivity index (χ2n) is 9.06. The largest absolute Gasteiger partial charge is 0.494 e. The van der Waals surface area contributed by atoms with Crippen molar-refractivity contribution in [2.45, 2.75) is 57.1 Å². The highest BCUT2D eigenvalue weighted by Crippen LogP contribution is 2.34. The maximum absolute atomic E-state index is 12.6. The number of halogens is 1. The first-order chi connectivity index (χ1) is 16.9. The monoisotopic (exact) mass is 502 g/mol. The summed E-state index contributed by atoms with van der Waals surface area (Å²) in [6.45, 7) is 1.23. The number of carbonyl (C=O) groups is 2. The summed E-state index contributed by atoms with van der Waals surface area (Å²) in [7, 11) is 1.39. The van der Waals surface area contributed by atoms with Gasteiger partial charge in [-0.1, -0.05) is 17.7 Å². The van der Waals surface area contributed by atoms with E-state index in [1.54, 1.807) is 0 Å². The predicted octanol–water partition coefficient (Wildman–Crippen LogP) is 3.50. The number of anilines is 1. The molecule has 35 heavy (non-hydrogen) atoms. The number of methoxy groups -OCH3 is 1. The lowest BCUT2D eigenvalue weighted by atomic mass is 9.79. The van der Waals surface area contributed by atoms with Crippen molar-refractivity contribution in [3.63, 3.8) is 0 Å². The van der Waals surface area contributed by atoms with Crippen molar-refractivity contribution in [3.05, 3.63) is 46.4 Å². The molecule has 1 atom stereocenters. The lowest BCUT2D eigenvalue weighted by Gasteiger charge is -2.35. The number of carbonyl (C=O) groups excluding carboxylic acids is 1. The van der Waals surface area contributed by atoms with Gasteiger partial charge in [-0.05, 0) is 56.1 Å². The van der Waals surface area contributed by atoms with Crippen LogP contribution in [0.4, 0.5) is 5.82 Å². The van der Waals surface area contributed by atoms with Gasteiger partial charge in [0.2, 0.25) is 0 Å². The van der Waals surface area contributed by atoms with Gasteiger partial charge >= 0.3 is 5.97 Å². The van der Waals surface area contributed by atoms with E-state index < -0.39 is 17.9 Å². The zero-order valence-electron chi connectivity index (χ0n) is 19.8. The zero-order valence-corrected chi connectivity index (χ0v) is 20.5. The minimum atomic E-state index is -1.13. The van der Waals surface area contributed by atoms with E-state index in [-0.39, 0.29) is 35.5 Å². The van der Waals surface area contributed by atoms with E-state index in [1.807, 2.05) is 0 Å². The summed E-state index contributed by atoms with van der Waals surface area (Å²) in [6, 6.07) is 3.22. The van der Waals surface area contributed by atoms with Crippen LogP contribution in [0.15, 0.2) is 24.5 Å². The second kappa shape index (κ2) is 11.7. The van der Waals surface area contributed by atoms with Gasteiger partial charge in [0, 0.05) is 31.5 Å². The lowest BCUT2D eigenvalue weighted by molar-refractivity contribution is -0.140. The van der Waals surface area contributed by atoms with Crippen LogP contribution in [0.25, 0.3) is 0 Å². The van der Waals surface area contributed by atoms with Crippen LogP contribution in [0.1, 0.15) is 53.7 Å². The van der Waals surface area contributed by atoms with Crippen molar-refractivity contribution < 1.29 is 24.2 Å². The molecule has 2 aliphatic rings. The number of pyridine rings is 2. The molecule has 9 nitrogen and oxygen atoms in total. The van der Waals surface area contributed by atoms with Crippen LogP contribution in [-0.2, 0) is 22.4 Å². The van der Waals surface area contributed by atoms with Crippen LogP contribution in [0.5, 0.6) is 5.75 Å². The number of aliphatic carboxylic acids is 1. The molecule has 1 amide bonds. The summed E-state index contributed by atoms with van der Waals surface area (Å²) in [6.07, 6.45) is 9.11. The molecule has 2 aromatic heterocycles. The Morgan fingerprint density at radius 3 is 2.91 bits per heavy atom. The molecule has 3 heterocycles. The summed E-state index contributed by atoms with van der Waals surface area (Å²) in [5, 5.41) is 15.5. The van der Waals surface area contributed by atoms with Gasteiger partial charge in [-0.3, -0.25) is 9.78 Å². The number of hydrogen-bond acceptors (Lipinski definition) is 7. The number of fused-ring (bicyclic) bond motifs is 1. The summed E-state index contributed by atoms with van der Waals surface area (Å²) >= 11 is 6.07. The standard InChI is InChI=1S/C25H31ClN4O5/c1-34-21-14-27-13-19(26)22(21)24(31)30-20(25(32)33)8-10-35-18-11-15(12-18)4-6-17-7-5-16-3-2-9-28-23(16)29-17/h5,7,13-15,18,20H,2-4,6,8-12H2,1H3,(H,28,29)(H,30,31)(H,32,33). The first kappa shape index (κ1) is 25.2. The molecule has 1 unspecified atom stereocenters. The van der Waals surface area contributed by atoms with Crippen molar-refractivity contribution in [3.8, 4) is 5.75 Å². The van der Waals surface area contributed by atoms with E-state index in [0.717, 1.165) is 56.6 Å². The molecule has 0 aromatic carbocycles. The zero-order chi connectivity index (χ0) is 24.8. The van der Waals surface area contributed by atoms with Crippen molar-refractivity contribution in [1.29, 1.82) is 0 Å². The topological polar surface area (TPSA) is 123 Å². The Morgan fingerprint density at radius 2 is 2.14 bits per heavy atom. The molecule has 1 fully saturated rings. The molecule has 4 rings (SSSR count). The molecule has 188 valence electrons. The normalized spacial score (nSPS) is 19.6. The Bertz CT molecular complexity index is 1060. The molecule has 0 radical (unpaired) electrons. The fourth-order valence-electron chi connectivity index (χ4n) is 4.54. The Hall–Kier alpha value is -2.91. The molecular formula is C25H31ClN4O5. The Kier molecular flexibility index (Phi) is 8.41. The molecule has 0 bridgehead atoms. The fraction of sp³-hybridized carbons (Fsp3) is 0.520. The van der Waals surface area contributed by atoms with Gasteiger partial charge in [0.25, 0.3) is 5.91 Å². The third-order valence-corrected chi connectivity index (χ3v) is 6.91. The lowest BCUT2D eigenvalue weighted by Crippen LogP contribution is -2.42. The van der Waals surface area contributed by atoms with Crippen LogP contribution < -0.4 is 15.4 Å². The molecule has 1 aliphatic heterocycles. The molecule has 1 saturated carbocycles. The smallest absolute Gasteiger partial charge is 0.326 e. The van der Waals surface area contributed by atoms with Crippen LogP contribution in [0.2, 0.25) is 5.02 Å². The summed E-state index contributed by atoms with van der Waals surface area (Å²) in [5.41, 5.74) is 2.48. The van der Waals surface area contributed by atoms with Gasteiger partial charge in [0.05, 0.1) is 24.4 Å². The van der Waals surface area contributed by atoms with Crippen LogP contribution >= 0.6 is 11.6 Å². The van der Waals surface area contributed by atoms with Gasteiger partial charge in [0.1, 0.15) is 17.4 Å². The number of ether oxygens (including phenoxy) is 2. The first-order valence-electron chi connectivity index (χ1n) is 12.0. The van der Waals surface area contributed by atoms with Crippen molar-refractivity contribution in [2.24, 2.45) is 5.92 Å². The molecule has 0 saturated heterocycles. The van der Waals surface area contributed by atoms with Gasteiger partial charge in [-0.25, -0.2) is 9.78 Å². The predicted molar refractivity (Wildman–Crippen MR) is 131 cm³/mol. The van der Waals surface area contributed by atoms with Crippen molar-refractivity contribution >= 4 is 29.3 Å². The van der Waals surface area contributed by atoms with E-state index in [4.69, 9.17) is 26.1 Å². The summed E-state index contributed by atoms with van der Waals surface area (Å²) in [5.74, 6) is 0.0362. The minimum absolute atomic E-state index is 0.0577. The van der Waals surface area contributed by atoms with E-state index >= 15 is 0 Å². The molecule has 1 aliphatic carbocycles. The van der Waals surface area contributed by atoms with Crippen LogP contribution in [0, 0.1) is 5.92 Å². The van der Waals surface area contributed by atoms with Gasteiger partial charge in [0.15, 0.2) is 5.75 Å². The maximum atomic E-state index is 12.6. The van der Waals surface area contributed by atoms with Crippen LogP contribution in [0.3, 0.4) is 0 Å². The number of carboxylic acid groups (broad SMARTS) is 1. The van der Waals surface area contributed by atoms with Crippen molar-refractivity contribution in [2.75, 3.05) is 25.6 Å². The number of nitrogens with zero attached hydrogens (tertiary/aromatic N) is 2. The molecule has 2 aromatic rings. The third-order valence-electron chi connectivity index (χ3n) is 6.63. The average Bonchev–Trinajstić information content (AvgIpc) is 2.83. The van der Waals surface area contributed by atoms with E-state index in [1.165, 1.54) is 25.1 Å². The number of nitrogens with one attached hydrogen (secondary N) is 2. The number of rotatable bonds is 11. The number of hydrogen-bond donors (Lipinski definition) is 3. The number of carboxylic acids is 1. The fourth-order valence-corrected chi connectivity index (χ4v) is 4.77. The quantitative estimate of drug-likeness (QED) is 0.426. The number of aromatic nitrogens is 2.